The normalized spacial score (nSPS) is 13.1. The van der Waals surface area contributed by atoms with E-state index >= 15 is 0 Å². The lowest BCUT2D eigenvalue weighted by atomic mass is 10.0. The standard InChI is InChI=1S/C24H34N4O6/c1-6-33-22(31)18(13-15-14-28(5)19-10-8-7-9-16(15)19)26-21(30)17(11-12-20(25)29)27-23(32)34-24(2,3)4/h7-10,14,17-18H,6,11-13H2,1-5H3,(H2,25,29)(H,26,30)(H,27,32)/t17-,18+/m0/s1. The van der Waals surface area contributed by atoms with Crippen LogP contribution >= 0.6 is 0 Å². The SMILES string of the molecule is CCOC(=O)[C@@H](Cc1cn(C)c2ccccc12)NC(=O)[C@H](CCC(N)=O)NC(=O)OC(C)(C)C. The number of fused-ring (bicyclic) bond motifs is 1. The number of nitrogens with one attached hydrogen (secondary N) is 2. The zero-order valence-corrected chi connectivity index (χ0v) is 20.3. The number of hydrogen-bond donors (Lipinski definition) is 3. The largest absolute Gasteiger partial charge is 0.464 e. The molecule has 0 bridgehead atoms. The van der Waals surface area contributed by atoms with Gasteiger partial charge in [-0.15, -0.1) is 0 Å². The van der Waals surface area contributed by atoms with Crippen LogP contribution in [0.3, 0.4) is 0 Å². The molecule has 186 valence electrons. The number of alkyl carbamates (subject to hydrolysis) is 1. The quantitative estimate of drug-likeness (QED) is 0.449. The molecule has 0 saturated heterocycles. The molecule has 0 spiro atoms. The molecule has 1 aromatic carbocycles. The van der Waals surface area contributed by atoms with Crippen LogP contribution in [0.2, 0.25) is 0 Å². The van der Waals surface area contributed by atoms with Gasteiger partial charge in [0.2, 0.25) is 11.8 Å². The first-order chi connectivity index (χ1) is 15.9. The highest BCUT2D eigenvalue weighted by atomic mass is 16.6. The third-order valence-corrected chi connectivity index (χ3v) is 4.98. The average molecular weight is 475 g/mol. The molecule has 10 nitrogen and oxygen atoms in total. The molecule has 0 aliphatic carbocycles. The van der Waals surface area contributed by atoms with Crippen LogP contribution in [0, 0.1) is 0 Å². The first-order valence-corrected chi connectivity index (χ1v) is 11.2. The number of carbonyl (C=O) groups excluding carboxylic acids is 4. The Morgan fingerprint density at radius 3 is 2.38 bits per heavy atom. The first-order valence-electron chi connectivity index (χ1n) is 11.2. The Morgan fingerprint density at radius 2 is 1.76 bits per heavy atom. The molecule has 0 saturated carbocycles. The van der Waals surface area contributed by atoms with Crippen LogP contribution < -0.4 is 16.4 Å². The Hall–Kier alpha value is -3.56. The van der Waals surface area contributed by atoms with Gasteiger partial charge in [0.05, 0.1) is 6.61 Å². The summed E-state index contributed by atoms with van der Waals surface area (Å²) in [6.07, 6.45) is 1.07. The number of benzene rings is 1. The van der Waals surface area contributed by atoms with Crippen LogP contribution in [0.5, 0.6) is 0 Å². The van der Waals surface area contributed by atoms with Crippen molar-refractivity contribution >= 4 is 34.8 Å². The number of aromatic nitrogens is 1. The minimum Gasteiger partial charge on any atom is -0.464 e. The van der Waals surface area contributed by atoms with Crippen molar-refractivity contribution < 1.29 is 28.7 Å². The van der Waals surface area contributed by atoms with E-state index in [1.54, 1.807) is 27.7 Å². The van der Waals surface area contributed by atoms with Crippen LogP contribution in [-0.4, -0.2) is 52.7 Å². The molecule has 34 heavy (non-hydrogen) atoms. The summed E-state index contributed by atoms with van der Waals surface area (Å²) in [5.74, 6) is -1.87. The van der Waals surface area contributed by atoms with E-state index in [1.165, 1.54) is 0 Å². The van der Waals surface area contributed by atoms with Crippen molar-refractivity contribution in [3.8, 4) is 0 Å². The molecule has 0 fully saturated rings. The smallest absolute Gasteiger partial charge is 0.408 e. The van der Waals surface area contributed by atoms with Gasteiger partial charge in [0.25, 0.3) is 0 Å². The molecule has 0 radical (unpaired) electrons. The number of primary amides is 1. The number of esters is 1. The molecule has 3 amide bonds. The van der Waals surface area contributed by atoms with Gasteiger partial charge in [-0.3, -0.25) is 9.59 Å². The lowest BCUT2D eigenvalue weighted by Crippen LogP contribution is -2.53. The molecule has 0 aliphatic heterocycles. The highest BCUT2D eigenvalue weighted by Crippen LogP contribution is 2.22. The number of para-hydroxylation sites is 1. The summed E-state index contributed by atoms with van der Waals surface area (Å²) in [6.45, 7) is 6.88. The van der Waals surface area contributed by atoms with E-state index in [-0.39, 0.29) is 25.9 Å². The topological polar surface area (TPSA) is 142 Å². The molecular weight excluding hydrogens is 440 g/mol. The van der Waals surface area contributed by atoms with Gasteiger partial charge in [-0.1, -0.05) is 18.2 Å². The number of nitrogens with zero attached hydrogens (tertiary/aromatic N) is 1. The summed E-state index contributed by atoms with van der Waals surface area (Å²) in [5.41, 5.74) is 6.28. The fraction of sp³-hybridized carbons (Fsp3) is 0.500. The second-order valence-corrected chi connectivity index (χ2v) is 9.00. The van der Waals surface area contributed by atoms with Crippen molar-refractivity contribution in [3.63, 3.8) is 0 Å². The Kier molecular flexibility index (Phi) is 9.05. The van der Waals surface area contributed by atoms with Crippen molar-refractivity contribution in [2.75, 3.05) is 6.61 Å². The van der Waals surface area contributed by atoms with E-state index in [9.17, 15) is 19.2 Å². The van der Waals surface area contributed by atoms with E-state index in [0.29, 0.717) is 0 Å². The van der Waals surface area contributed by atoms with Crippen LogP contribution in [0.4, 0.5) is 4.79 Å². The fourth-order valence-corrected chi connectivity index (χ4v) is 3.52. The molecular formula is C24H34N4O6. The number of rotatable bonds is 10. The highest BCUT2D eigenvalue weighted by Gasteiger charge is 2.30. The number of hydrogen-bond acceptors (Lipinski definition) is 6. The summed E-state index contributed by atoms with van der Waals surface area (Å²) in [4.78, 5) is 49.3. The van der Waals surface area contributed by atoms with E-state index in [4.69, 9.17) is 15.2 Å². The van der Waals surface area contributed by atoms with Crippen molar-refractivity contribution in [1.29, 1.82) is 0 Å². The molecule has 1 heterocycles. The van der Waals surface area contributed by atoms with Gasteiger partial charge in [-0.05, 0) is 45.7 Å². The minimum atomic E-state index is -1.13. The Balaban J connectivity index is 2.25. The maximum atomic E-state index is 13.1. The summed E-state index contributed by atoms with van der Waals surface area (Å²) in [6, 6.07) is 5.58. The number of amides is 3. The fourth-order valence-electron chi connectivity index (χ4n) is 3.52. The van der Waals surface area contributed by atoms with E-state index in [1.807, 2.05) is 42.1 Å². The van der Waals surface area contributed by atoms with Gasteiger partial charge in [-0.2, -0.15) is 0 Å². The molecule has 10 heteroatoms. The Labute approximate surface area is 199 Å². The molecule has 2 aromatic rings. The number of carbonyl (C=O) groups is 4. The predicted octanol–water partition coefficient (Wildman–Crippen LogP) is 1.93. The summed E-state index contributed by atoms with van der Waals surface area (Å²) >= 11 is 0. The van der Waals surface area contributed by atoms with Crippen LogP contribution in [0.1, 0.15) is 46.1 Å². The van der Waals surface area contributed by atoms with Gasteiger partial charge >= 0.3 is 12.1 Å². The number of aryl methyl sites for hydroxylation is 1. The monoisotopic (exact) mass is 474 g/mol. The Morgan fingerprint density at radius 1 is 1.09 bits per heavy atom. The molecule has 0 aliphatic rings. The lowest BCUT2D eigenvalue weighted by Gasteiger charge is -2.25. The van der Waals surface area contributed by atoms with Gasteiger partial charge in [0.1, 0.15) is 17.7 Å². The first kappa shape index (κ1) is 26.7. The minimum absolute atomic E-state index is 0.0514. The van der Waals surface area contributed by atoms with Crippen molar-refractivity contribution in [1.82, 2.24) is 15.2 Å². The highest BCUT2D eigenvalue weighted by molar-refractivity contribution is 5.91. The van der Waals surface area contributed by atoms with Gasteiger partial charge < -0.3 is 30.4 Å². The van der Waals surface area contributed by atoms with Crippen molar-refractivity contribution in [3.05, 3.63) is 36.0 Å². The van der Waals surface area contributed by atoms with E-state index in [2.05, 4.69) is 10.6 Å². The molecule has 2 atom stereocenters. The second kappa shape index (κ2) is 11.5. The molecule has 2 rings (SSSR count). The third-order valence-electron chi connectivity index (χ3n) is 4.98. The zero-order valence-electron chi connectivity index (χ0n) is 20.3. The summed E-state index contributed by atoms with van der Waals surface area (Å²) in [5, 5.41) is 6.09. The number of nitrogens with two attached hydrogens (primary N) is 1. The van der Waals surface area contributed by atoms with Crippen LogP contribution in [-0.2, 0) is 37.3 Å². The lowest BCUT2D eigenvalue weighted by molar-refractivity contribution is -0.147. The Bertz CT molecular complexity index is 1040. The van der Waals surface area contributed by atoms with Gasteiger partial charge in [-0.25, -0.2) is 9.59 Å². The predicted molar refractivity (Wildman–Crippen MR) is 127 cm³/mol. The van der Waals surface area contributed by atoms with Gasteiger partial charge in [0, 0.05) is 37.0 Å². The maximum absolute atomic E-state index is 13.1. The summed E-state index contributed by atoms with van der Waals surface area (Å²) in [7, 11) is 1.90. The maximum Gasteiger partial charge on any atom is 0.408 e. The second-order valence-electron chi connectivity index (χ2n) is 9.00. The molecule has 1 aromatic heterocycles. The van der Waals surface area contributed by atoms with Crippen LogP contribution in [0.25, 0.3) is 10.9 Å². The molecule has 4 N–H and O–H groups in total. The zero-order chi connectivity index (χ0) is 25.5. The van der Waals surface area contributed by atoms with Crippen molar-refractivity contribution in [2.24, 2.45) is 12.8 Å². The average Bonchev–Trinajstić information content (AvgIpc) is 3.05. The van der Waals surface area contributed by atoms with Gasteiger partial charge in [0.15, 0.2) is 0 Å². The van der Waals surface area contributed by atoms with Crippen molar-refractivity contribution in [2.45, 2.75) is 64.6 Å². The number of ether oxygens (including phenoxy) is 2. The molecule has 0 unspecified atom stereocenters. The van der Waals surface area contributed by atoms with Crippen LogP contribution in [0.15, 0.2) is 30.5 Å². The van der Waals surface area contributed by atoms with E-state index in [0.717, 1.165) is 16.5 Å². The third kappa shape index (κ3) is 7.79. The van der Waals surface area contributed by atoms with E-state index < -0.39 is 41.6 Å². The summed E-state index contributed by atoms with van der Waals surface area (Å²) < 4.78 is 12.3.